The van der Waals surface area contributed by atoms with E-state index >= 15 is 0 Å². The first-order valence-electron chi connectivity index (χ1n) is 7.30. The molecule has 1 N–H and O–H groups in total. The number of nitrogens with one attached hydrogen (secondary N) is 1. The van der Waals surface area contributed by atoms with E-state index in [1.54, 1.807) is 6.07 Å². The highest BCUT2D eigenvalue weighted by atomic mass is 16.5. The van der Waals surface area contributed by atoms with Crippen LogP contribution in [0.4, 0.5) is 0 Å². The van der Waals surface area contributed by atoms with Crippen molar-refractivity contribution in [2.75, 3.05) is 32.8 Å². The molecule has 0 unspecified atom stereocenters. The van der Waals surface area contributed by atoms with E-state index in [-0.39, 0.29) is 5.91 Å². The summed E-state index contributed by atoms with van der Waals surface area (Å²) in [4.78, 5) is 14.3. The second-order valence-corrected chi connectivity index (χ2v) is 5.60. The van der Waals surface area contributed by atoms with Gasteiger partial charge >= 0.3 is 0 Å². The molecule has 3 rings (SSSR count). The Kier molecular flexibility index (Phi) is 4.03. The van der Waals surface area contributed by atoms with Crippen LogP contribution in [0.2, 0.25) is 0 Å². The van der Waals surface area contributed by atoms with Gasteiger partial charge in [-0.2, -0.15) is 0 Å². The van der Waals surface area contributed by atoms with E-state index in [4.69, 9.17) is 9.26 Å². The highest BCUT2D eigenvalue weighted by molar-refractivity contribution is 5.92. The molecule has 20 heavy (non-hydrogen) atoms. The molecule has 1 saturated carbocycles. The Bertz CT molecular complexity index is 464. The van der Waals surface area contributed by atoms with Crippen molar-refractivity contribution in [3.8, 4) is 0 Å². The van der Waals surface area contributed by atoms with Gasteiger partial charge in [0.15, 0.2) is 5.69 Å². The zero-order valence-corrected chi connectivity index (χ0v) is 11.8. The normalized spacial score (nSPS) is 21.6. The Balaban J connectivity index is 1.47. The van der Waals surface area contributed by atoms with Crippen LogP contribution in [-0.2, 0) is 4.74 Å². The minimum atomic E-state index is -0.152. The number of aromatic nitrogens is 1. The van der Waals surface area contributed by atoms with E-state index in [0.29, 0.717) is 24.2 Å². The lowest BCUT2D eigenvalue weighted by Crippen LogP contribution is -2.47. The lowest BCUT2D eigenvalue weighted by Gasteiger charge is -2.32. The topological polar surface area (TPSA) is 67.6 Å². The number of morpholine rings is 1. The van der Waals surface area contributed by atoms with Crippen LogP contribution in [0.25, 0.3) is 0 Å². The lowest BCUT2D eigenvalue weighted by molar-refractivity contribution is 0.0204. The van der Waals surface area contributed by atoms with Crippen molar-refractivity contribution in [2.45, 2.75) is 31.7 Å². The Morgan fingerprint density at radius 3 is 2.95 bits per heavy atom. The van der Waals surface area contributed by atoms with Gasteiger partial charge in [0.2, 0.25) is 0 Å². The molecule has 110 valence electrons. The zero-order chi connectivity index (χ0) is 13.9. The van der Waals surface area contributed by atoms with E-state index < -0.39 is 0 Å². The third kappa shape index (κ3) is 3.19. The monoisotopic (exact) mass is 279 g/mol. The SMILES string of the molecule is C[C@H](CNC(=O)c1cc(C2CC2)on1)N1CCOCC1. The maximum Gasteiger partial charge on any atom is 0.273 e. The van der Waals surface area contributed by atoms with Crippen molar-refractivity contribution in [3.63, 3.8) is 0 Å². The molecular weight excluding hydrogens is 258 g/mol. The van der Waals surface area contributed by atoms with Gasteiger partial charge in [-0.25, -0.2) is 0 Å². The summed E-state index contributed by atoms with van der Waals surface area (Å²) in [5.41, 5.74) is 0.390. The number of hydrogen-bond donors (Lipinski definition) is 1. The average Bonchev–Trinajstić information content (AvgIpc) is 3.22. The van der Waals surface area contributed by atoms with Crippen LogP contribution in [0.1, 0.15) is 41.9 Å². The Labute approximate surface area is 118 Å². The van der Waals surface area contributed by atoms with E-state index in [1.807, 2.05) is 0 Å². The second-order valence-electron chi connectivity index (χ2n) is 5.60. The Morgan fingerprint density at radius 2 is 2.25 bits per heavy atom. The largest absolute Gasteiger partial charge is 0.379 e. The average molecular weight is 279 g/mol. The van der Waals surface area contributed by atoms with Crippen LogP contribution in [-0.4, -0.2) is 54.9 Å². The van der Waals surface area contributed by atoms with Crippen LogP contribution in [0.3, 0.4) is 0 Å². The number of amides is 1. The van der Waals surface area contributed by atoms with Crippen molar-refractivity contribution in [2.24, 2.45) is 0 Å². The number of rotatable bonds is 5. The van der Waals surface area contributed by atoms with Crippen LogP contribution in [0.15, 0.2) is 10.6 Å². The maximum atomic E-state index is 12.0. The Morgan fingerprint density at radius 1 is 1.50 bits per heavy atom. The first kappa shape index (κ1) is 13.6. The number of nitrogens with zero attached hydrogens (tertiary/aromatic N) is 2. The summed E-state index contributed by atoms with van der Waals surface area (Å²) in [6.07, 6.45) is 2.29. The van der Waals surface area contributed by atoms with Crippen molar-refractivity contribution in [3.05, 3.63) is 17.5 Å². The molecule has 1 aromatic rings. The molecule has 1 amide bonds. The fraction of sp³-hybridized carbons (Fsp3) is 0.714. The summed E-state index contributed by atoms with van der Waals surface area (Å²) in [5, 5.41) is 6.77. The molecule has 1 aliphatic heterocycles. The highest BCUT2D eigenvalue weighted by Crippen LogP contribution is 2.40. The second kappa shape index (κ2) is 5.93. The van der Waals surface area contributed by atoms with Crippen molar-refractivity contribution in [1.82, 2.24) is 15.4 Å². The number of carbonyl (C=O) groups is 1. The van der Waals surface area contributed by atoms with Gasteiger partial charge in [-0.05, 0) is 19.8 Å². The van der Waals surface area contributed by atoms with Crippen molar-refractivity contribution >= 4 is 5.91 Å². The lowest BCUT2D eigenvalue weighted by atomic mass is 10.2. The van der Waals surface area contributed by atoms with Gasteiger partial charge < -0.3 is 14.6 Å². The standard InChI is InChI=1S/C14H21N3O3/c1-10(17-4-6-19-7-5-17)9-15-14(18)12-8-13(20-16-12)11-2-3-11/h8,10-11H,2-7,9H2,1H3,(H,15,18)/t10-/m1/s1. The number of hydrogen-bond acceptors (Lipinski definition) is 5. The molecule has 1 aromatic heterocycles. The van der Waals surface area contributed by atoms with E-state index in [9.17, 15) is 4.79 Å². The highest BCUT2D eigenvalue weighted by Gasteiger charge is 2.29. The van der Waals surface area contributed by atoms with Gasteiger partial charge in [0.1, 0.15) is 5.76 Å². The third-order valence-electron chi connectivity index (χ3n) is 3.97. The summed E-state index contributed by atoms with van der Waals surface area (Å²) in [6, 6.07) is 2.07. The first-order chi connectivity index (χ1) is 9.74. The van der Waals surface area contributed by atoms with Crippen LogP contribution >= 0.6 is 0 Å². The molecular formula is C14H21N3O3. The van der Waals surface area contributed by atoms with Crippen molar-refractivity contribution < 1.29 is 14.1 Å². The molecule has 1 saturated heterocycles. The molecule has 0 aromatic carbocycles. The predicted octanol–water partition coefficient (Wildman–Crippen LogP) is 1.00. The van der Waals surface area contributed by atoms with Gasteiger partial charge in [-0.3, -0.25) is 9.69 Å². The smallest absolute Gasteiger partial charge is 0.273 e. The quantitative estimate of drug-likeness (QED) is 0.871. The van der Waals surface area contributed by atoms with Gasteiger partial charge in [-0.1, -0.05) is 5.16 Å². The third-order valence-corrected chi connectivity index (χ3v) is 3.97. The van der Waals surface area contributed by atoms with Crippen LogP contribution in [0, 0.1) is 0 Å². The minimum Gasteiger partial charge on any atom is -0.379 e. The Hall–Kier alpha value is -1.40. The van der Waals surface area contributed by atoms with Crippen LogP contribution < -0.4 is 5.32 Å². The van der Waals surface area contributed by atoms with Gasteiger partial charge in [0, 0.05) is 37.7 Å². The first-order valence-corrected chi connectivity index (χ1v) is 7.30. The summed E-state index contributed by atoms with van der Waals surface area (Å²) in [6.45, 7) is 6.12. The molecule has 0 bridgehead atoms. The van der Waals surface area contributed by atoms with Crippen molar-refractivity contribution in [1.29, 1.82) is 0 Å². The molecule has 0 radical (unpaired) electrons. The van der Waals surface area contributed by atoms with Gasteiger partial charge in [-0.15, -0.1) is 0 Å². The predicted molar refractivity (Wildman–Crippen MR) is 72.7 cm³/mol. The van der Waals surface area contributed by atoms with Crippen LogP contribution in [0.5, 0.6) is 0 Å². The van der Waals surface area contributed by atoms with E-state index in [0.717, 1.165) is 44.9 Å². The molecule has 1 atom stereocenters. The van der Waals surface area contributed by atoms with Gasteiger partial charge in [0.05, 0.1) is 13.2 Å². The molecule has 2 fully saturated rings. The fourth-order valence-electron chi connectivity index (χ4n) is 2.43. The minimum absolute atomic E-state index is 0.152. The fourth-order valence-corrected chi connectivity index (χ4v) is 2.43. The van der Waals surface area contributed by atoms with E-state index in [1.165, 1.54) is 0 Å². The summed E-state index contributed by atoms with van der Waals surface area (Å²) >= 11 is 0. The molecule has 1 aliphatic carbocycles. The molecule has 6 heteroatoms. The summed E-state index contributed by atoms with van der Waals surface area (Å²) < 4.78 is 10.5. The molecule has 2 heterocycles. The number of carbonyl (C=O) groups excluding carboxylic acids is 1. The summed E-state index contributed by atoms with van der Waals surface area (Å²) in [7, 11) is 0. The summed E-state index contributed by atoms with van der Waals surface area (Å²) in [5.74, 6) is 1.17. The molecule has 6 nitrogen and oxygen atoms in total. The molecule has 0 spiro atoms. The van der Waals surface area contributed by atoms with Gasteiger partial charge in [0.25, 0.3) is 5.91 Å². The zero-order valence-electron chi connectivity index (χ0n) is 11.8. The maximum absolute atomic E-state index is 12.0. The molecule has 2 aliphatic rings. The van der Waals surface area contributed by atoms with E-state index in [2.05, 4.69) is 22.3 Å². The number of ether oxygens (including phenoxy) is 1.